The molecule has 2 aromatic heterocycles. The maximum Gasteiger partial charge on any atom is 0.280 e. The molecule has 0 aliphatic carbocycles. The molecule has 4 nitrogen and oxygen atoms in total. The van der Waals surface area contributed by atoms with Gasteiger partial charge in [0.1, 0.15) is 5.82 Å². The Bertz CT molecular complexity index is 1120. The molecule has 132 valence electrons. The molecule has 0 fully saturated rings. The Morgan fingerprint density at radius 3 is 2.63 bits per heavy atom. The third-order valence-electron chi connectivity index (χ3n) is 4.72. The Balaban J connectivity index is 1.75. The van der Waals surface area contributed by atoms with Gasteiger partial charge in [0.15, 0.2) is 5.69 Å². The first-order valence-electron chi connectivity index (χ1n) is 8.50. The fourth-order valence-corrected chi connectivity index (χ4v) is 4.33. The minimum absolute atomic E-state index is 0.190. The number of carbonyl (C=O) groups excluding carboxylic acids is 1. The van der Waals surface area contributed by atoms with Crippen molar-refractivity contribution in [2.24, 2.45) is 0 Å². The molecule has 0 spiro atoms. The second-order valence-electron chi connectivity index (χ2n) is 6.31. The van der Waals surface area contributed by atoms with E-state index in [0.717, 1.165) is 21.8 Å². The Kier molecular flexibility index (Phi) is 3.65. The van der Waals surface area contributed by atoms with E-state index in [4.69, 9.17) is 0 Å². The molecule has 1 N–H and O–H groups in total. The number of fused-ring (bicyclic) bond motifs is 1. The number of hydrogen-bond acceptors (Lipinski definition) is 3. The van der Waals surface area contributed by atoms with Crippen LogP contribution in [0.25, 0.3) is 10.6 Å². The highest BCUT2D eigenvalue weighted by atomic mass is 32.1. The van der Waals surface area contributed by atoms with E-state index in [1.54, 1.807) is 22.3 Å². The molecule has 1 aliphatic heterocycles. The Morgan fingerprint density at radius 1 is 1.04 bits per heavy atom. The van der Waals surface area contributed by atoms with Crippen molar-refractivity contribution in [3.8, 4) is 10.6 Å². The second-order valence-corrected chi connectivity index (χ2v) is 7.25. The fraction of sp³-hybridized carbons (Fsp3) is 0.0476. The third-order valence-corrected chi connectivity index (χ3v) is 5.61. The Hall–Kier alpha value is -3.25. The van der Waals surface area contributed by atoms with Gasteiger partial charge in [0.25, 0.3) is 5.91 Å². The van der Waals surface area contributed by atoms with Crippen molar-refractivity contribution in [3.05, 3.63) is 94.7 Å². The maximum atomic E-state index is 14.0. The van der Waals surface area contributed by atoms with Gasteiger partial charge in [0.2, 0.25) is 0 Å². The lowest BCUT2D eigenvalue weighted by Gasteiger charge is -2.26. The summed E-state index contributed by atoms with van der Waals surface area (Å²) in [5.74, 6) is -0.521. The van der Waals surface area contributed by atoms with Gasteiger partial charge in [-0.15, -0.1) is 11.3 Å². The van der Waals surface area contributed by atoms with Crippen LogP contribution >= 0.6 is 11.3 Å². The van der Waals surface area contributed by atoms with E-state index in [0.29, 0.717) is 11.3 Å². The number of para-hydroxylation sites is 1. The zero-order chi connectivity index (χ0) is 18.4. The third kappa shape index (κ3) is 2.49. The molecular formula is C21H14FN3OS. The first-order chi connectivity index (χ1) is 13.2. The molecule has 3 heterocycles. The summed E-state index contributed by atoms with van der Waals surface area (Å²) in [6.45, 7) is 0. The number of aromatic amines is 1. The summed E-state index contributed by atoms with van der Waals surface area (Å²) in [6, 6.07) is 19.3. The van der Waals surface area contributed by atoms with Crippen LogP contribution in [0.15, 0.2) is 72.1 Å². The van der Waals surface area contributed by atoms with Crippen LogP contribution < -0.4 is 4.90 Å². The van der Waals surface area contributed by atoms with Crippen molar-refractivity contribution in [3.63, 3.8) is 0 Å². The number of H-pyrrole nitrogens is 1. The van der Waals surface area contributed by atoms with Crippen molar-refractivity contribution in [2.75, 3.05) is 4.90 Å². The number of aromatic nitrogens is 2. The summed E-state index contributed by atoms with van der Waals surface area (Å²) < 4.78 is 14.0. The summed E-state index contributed by atoms with van der Waals surface area (Å²) in [6.07, 6.45) is 0. The standard InChI is InChI=1S/C21H14FN3OS/c22-14-7-4-6-13(12-14)20-17-18(16-10-5-11-27-16)23-24-19(17)21(26)25(20)15-8-2-1-3-9-15/h1-12,20H,(H,23,24)/t20-/m0/s1. The van der Waals surface area contributed by atoms with Crippen molar-refractivity contribution in [1.82, 2.24) is 10.2 Å². The summed E-state index contributed by atoms with van der Waals surface area (Å²) in [5, 5.41) is 9.30. The number of thiophene rings is 1. The van der Waals surface area contributed by atoms with Gasteiger partial charge in [-0.05, 0) is 41.3 Å². The van der Waals surface area contributed by atoms with Crippen LogP contribution in [0.5, 0.6) is 0 Å². The van der Waals surface area contributed by atoms with Crippen LogP contribution in [-0.4, -0.2) is 16.1 Å². The number of halogens is 1. The summed E-state index contributed by atoms with van der Waals surface area (Å²) in [5.41, 5.74) is 3.45. The molecule has 0 saturated carbocycles. The van der Waals surface area contributed by atoms with Gasteiger partial charge in [0.05, 0.1) is 16.6 Å². The van der Waals surface area contributed by atoms with E-state index in [1.807, 2.05) is 53.9 Å². The van der Waals surface area contributed by atoms with Gasteiger partial charge in [-0.1, -0.05) is 36.4 Å². The second kappa shape index (κ2) is 6.17. The summed E-state index contributed by atoms with van der Waals surface area (Å²) in [4.78, 5) is 15.9. The number of nitrogens with zero attached hydrogens (tertiary/aromatic N) is 2. The minimum atomic E-state index is -0.443. The zero-order valence-electron chi connectivity index (χ0n) is 14.1. The van der Waals surface area contributed by atoms with Crippen molar-refractivity contribution < 1.29 is 9.18 Å². The van der Waals surface area contributed by atoms with E-state index in [9.17, 15) is 9.18 Å². The predicted molar refractivity (Wildman–Crippen MR) is 103 cm³/mol. The maximum absolute atomic E-state index is 14.0. The first kappa shape index (κ1) is 16.0. The molecule has 1 aliphatic rings. The van der Waals surface area contributed by atoms with E-state index in [1.165, 1.54) is 12.1 Å². The highest BCUT2D eigenvalue weighted by Gasteiger charge is 2.43. The van der Waals surface area contributed by atoms with E-state index in [-0.39, 0.29) is 11.7 Å². The number of benzene rings is 2. The number of rotatable bonds is 3. The van der Waals surface area contributed by atoms with E-state index in [2.05, 4.69) is 10.2 Å². The zero-order valence-corrected chi connectivity index (χ0v) is 14.9. The van der Waals surface area contributed by atoms with Crippen LogP contribution in [-0.2, 0) is 0 Å². The molecule has 6 heteroatoms. The summed E-state index contributed by atoms with van der Waals surface area (Å²) in [7, 11) is 0. The van der Waals surface area contributed by atoms with E-state index >= 15 is 0 Å². The number of amides is 1. The first-order valence-corrected chi connectivity index (χ1v) is 9.38. The normalized spacial score (nSPS) is 16.0. The molecular weight excluding hydrogens is 361 g/mol. The molecule has 0 saturated heterocycles. The lowest BCUT2D eigenvalue weighted by Crippen LogP contribution is -2.29. The van der Waals surface area contributed by atoms with Gasteiger partial charge in [-0.3, -0.25) is 14.8 Å². The lowest BCUT2D eigenvalue weighted by atomic mass is 9.98. The highest BCUT2D eigenvalue weighted by Crippen LogP contribution is 2.45. The van der Waals surface area contributed by atoms with Gasteiger partial charge in [-0.25, -0.2) is 4.39 Å². The Labute approximate surface area is 158 Å². The number of anilines is 1. The molecule has 1 amide bonds. The summed E-state index contributed by atoms with van der Waals surface area (Å²) >= 11 is 1.57. The molecule has 0 unspecified atom stereocenters. The molecule has 1 atom stereocenters. The topological polar surface area (TPSA) is 49.0 Å². The molecule has 2 aromatic carbocycles. The fourth-order valence-electron chi connectivity index (χ4n) is 3.60. The van der Waals surface area contributed by atoms with Gasteiger partial charge in [-0.2, -0.15) is 5.10 Å². The molecule has 5 rings (SSSR count). The number of nitrogens with one attached hydrogen (secondary N) is 1. The Morgan fingerprint density at radius 2 is 1.89 bits per heavy atom. The van der Waals surface area contributed by atoms with Crippen molar-refractivity contribution in [2.45, 2.75) is 6.04 Å². The average molecular weight is 375 g/mol. The number of hydrogen-bond donors (Lipinski definition) is 1. The minimum Gasteiger partial charge on any atom is -0.295 e. The van der Waals surface area contributed by atoms with Gasteiger partial charge in [0, 0.05) is 11.3 Å². The smallest absolute Gasteiger partial charge is 0.280 e. The van der Waals surface area contributed by atoms with Crippen LogP contribution in [0.1, 0.15) is 27.7 Å². The van der Waals surface area contributed by atoms with Gasteiger partial charge < -0.3 is 0 Å². The largest absolute Gasteiger partial charge is 0.295 e. The van der Waals surface area contributed by atoms with E-state index < -0.39 is 6.04 Å². The van der Waals surface area contributed by atoms with Crippen molar-refractivity contribution in [1.29, 1.82) is 0 Å². The quantitative estimate of drug-likeness (QED) is 0.546. The monoisotopic (exact) mass is 375 g/mol. The van der Waals surface area contributed by atoms with Crippen LogP contribution in [0.3, 0.4) is 0 Å². The van der Waals surface area contributed by atoms with Gasteiger partial charge >= 0.3 is 0 Å². The van der Waals surface area contributed by atoms with Crippen LogP contribution in [0.2, 0.25) is 0 Å². The molecule has 4 aromatic rings. The van der Waals surface area contributed by atoms with Crippen molar-refractivity contribution >= 4 is 22.9 Å². The number of carbonyl (C=O) groups is 1. The average Bonchev–Trinajstić information content (AvgIpc) is 3.40. The predicted octanol–water partition coefficient (Wildman–Crippen LogP) is 5.03. The SMILES string of the molecule is O=C1c2n[nH]c(-c3cccs3)c2[C@H](c2cccc(F)c2)N1c1ccccc1. The molecule has 0 radical (unpaired) electrons. The highest BCUT2D eigenvalue weighted by molar-refractivity contribution is 7.13. The molecule has 27 heavy (non-hydrogen) atoms. The lowest BCUT2D eigenvalue weighted by molar-refractivity contribution is 0.0988. The molecule has 0 bridgehead atoms. The van der Waals surface area contributed by atoms with Crippen LogP contribution in [0, 0.1) is 5.82 Å². The van der Waals surface area contributed by atoms with Crippen LogP contribution in [0.4, 0.5) is 10.1 Å².